The second-order valence-electron chi connectivity index (χ2n) is 5.22. The van der Waals surface area contributed by atoms with Crippen molar-refractivity contribution in [3.05, 3.63) is 61.4 Å². The normalized spacial score (nSPS) is 10.9. The molecular formula is C17H9BrClF2NO3S. The first-order valence-electron chi connectivity index (χ1n) is 7.09. The van der Waals surface area contributed by atoms with E-state index >= 15 is 0 Å². The van der Waals surface area contributed by atoms with Gasteiger partial charge in [0.25, 0.3) is 0 Å². The summed E-state index contributed by atoms with van der Waals surface area (Å²) in [4.78, 5) is 22.8. The molecule has 134 valence electrons. The van der Waals surface area contributed by atoms with Gasteiger partial charge in [-0.2, -0.15) is 0 Å². The number of ether oxygens (including phenoxy) is 1. The fourth-order valence-electron chi connectivity index (χ4n) is 2.43. The molecule has 0 aliphatic rings. The lowest BCUT2D eigenvalue weighted by Crippen LogP contribution is -2.12. The monoisotopic (exact) mass is 459 g/mol. The Morgan fingerprint density at radius 1 is 1.31 bits per heavy atom. The topological polar surface area (TPSA) is 69.4 Å². The van der Waals surface area contributed by atoms with Gasteiger partial charge in [0.05, 0.1) is 9.58 Å². The van der Waals surface area contributed by atoms with Crippen LogP contribution in [0.4, 0.5) is 8.78 Å². The Balaban J connectivity index is 2.02. The predicted molar refractivity (Wildman–Crippen MR) is 99.1 cm³/mol. The Morgan fingerprint density at radius 3 is 2.54 bits per heavy atom. The minimum atomic E-state index is -1.07. The lowest BCUT2D eigenvalue weighted by Gasteiger charge is -2.10. The van der Waals surface area contributed by atoms with Crippen LogP contribution in [0.2, 0.25) is 5.02 Å². The summed E-state index contributed by atoms with van der Waals surface area (Å²) in [5.41, 5.74) is 5.12. The van der Waals surface area contributed by atoms with Crippen molar-refractivity contribution < 1.29 is 23.1 Å². The van der Waals surface area contributed by atoms with Crippen LogP contribution < -0.4 is 10.5 Å². The van der Waals surface area contributed by atoms with Gasteiger partial charge in [0, 0.05) is 26.0 Å². The molecule has 1 heterocycles. The van der Waals surface area contributed by atoms with Crippen molar-refractivity contribution in [3.8, 4) is 5.75 Å². The molecule has 0 fully saturated rings. The van der Waals surface area contributed by atoms with Gasteiger partial charge < -0.3 is 10.5 Å². The number of benzene rings is 2. The van der Waals surface area contributed by atoms with Crippen molar-refractivity contribution in [1.82, 2.24) is 0 Å². The van der Waals surface area contributed by atoms with E-state index in [2.05, 4.69) is 15.9 Å². The van der Waals surface area contributed by atoms with Gasteiger partial charge in [0.1, 0.15) is 6.61 Å². The molecule has 0 bridgehead atoms. The van der Waals surface area contributed by atoms with Crippen molar-refractivity contribution >= 4 is 61.1 Å². The van der Waals surface area contributed by atoms with Gasteiger partial charge in [-0.05, 0) is 40.2 Å². The van der Waals surface area contributed by atoms with Crippen LogP contribution in [0.3, 0.4) is 0 Å². The Labute approximate surface area is 163 Å². The molecule has 0 atom stereocenters. The number of nitrogens with two attached hydrogens (primary N) is 1. The summed E-state index contributed by atoms with van der Waals surface area (Å²) in [6.07, 6.45) is 0.634. The van der Waals surface area contributed by atoms with Crippen LogP contribution in [-0.4, -0.2) is 12.2 Å². The molecule has 0 saturated heterocycles. The van der Waals surface area contributed by atoms with Crippen LogP contribution in [0.15, 0.2) is 28.7 Å². The highest BCUT2D eigenvalue weighted by atomic mass is 79.9. The van der Waals surface area contributed by atoms with E-state index in [1.54, 1.807) is 12.1 Å². The molecule has 0 radical (unpaired) electrons. The average Bonchev–Trinajstić information content (AvgIpc) is 2.97. The minimum absolute atomic E-state index is 0.284. The maximum Gasteiger partial charge on any atom is 0.248 e. The Morgan fingerprint density at radius 2 is 1.96 bits per heavy atom. The van der Waals surface area contributed by atoms with Crippen molar-refractivity contribution in [1.29, 1.82) is 0 Å². The molecule has 1 amide bonds. The lowest BCUT2D eigenvalue weighted by atomic mass is 10.1. The van der Waals surface area contributed by atoms with Gasteiger partial charge >= 0.3 is 0 Å². The highest BCUT2D eigenvalue weighted by Crippen LogP contribution is 2.40. The number of carbonyl (C=O) groups is 2. The van der Waals surface area contributed by atoms with Crippen LogP contribution in [0, 0.1) is 11.6 Å². The van der Waals surface area contributed by atoms with Gasteiger partial charge in [0.15, 0.2) is 23.7 Å². The molecule has 2 aromatic carbocycles. The number of primary amides is 1. The lowest BCUT2D eigenvalue weighted by molar-refractivity contribution is 0.0998. The van der Waals surface area contributed by atoms with Crippen molar-refractivity contribution in [2.45, 2.75) is 6.61 Å². The molecule has 0 aliphatic heterocycles. The fourth-order valence-corrected chi connectivity index (χ4v) is 4.39. The summed E-state index contributed by atoms with van der Waals surface area (Å²) < 4.78 is 34.9. The number of hydrogen-bond acceptors (Lipinski definition) is 4. The Kier molecular flexibility index (Phi) is 5.27. The highest BCUT2D eigenvalue weighted by molar-refractivity contribution is 9.10. The fraction of sp³-hybridized carbons (Fsp3) is 0.0588. The van der Waals surface area contributed by atoms with Gasteiger partial charge in [-0.3, -0.25) is 9.59 Å². The van der Waals surface area contributed by atoms with Crippen LogP contribution in [0.1, 0.15) is 25.6 Å². The Hall–Kier alpha value is -2.03. The zero-order valence-corrected chi connectivity index (χ0v) is 16.0. The largest absolute Gasteiger partial charge is 0.483 e. The van der Waals surface area contributed by atoms with Gasteiger partial charge in [-0.25, -0.2) is 8.78 Å². The summed E-state index contributed by atoms with van der Waals surface area (Å²) in [5.74, 6) is -3.77. The van der Waals surface area contributed by atoms with E-state index in [-0.39, 0.29) is 12.2 Å². The number of aldehydes is 1. The third-order valence-corrected chi connectivity index (χ3v) is 6.05. The molecule has 2 N–H and O–H groups in total. The quantitative estimate of drug-likeness (QED) is 0.540. The number of amides is 1. The van der Waals surface area contributed by atoms with Crippen LogP contribution in [0.5, 0.6) is 5.75 Å². The SMILES string of the molecule is NC(=O)c1cc(F)c(OCc2c(C=O)sc3c(Br)ccc(Cl)c23)c(F)c1. The van der Waals surface area contributed by atoms with Gasteiger partial charge in [-0.15, -0.1) is 11.3 Å². The van der Waals surface area contributed by atoms with Crippen LogP contribution in [-0.2, 0) is 6.61 Å². The summed E-state index contributed by atoms with van der Waals surface area (Å²) in [6.45, 7) is -0.284. The summed E-state index contributed by atoms with van der Waals surface area (Å²) >= 11 is 10.8. The van der Waals surface area contributed by atoms with Crippen molar-refractivity contribution in [3.63, 3.8) is 0 Å². The number of halogens is 4. The first-order valence-corrected chi connectivity index (χ1v) is 9.08. The van der Waals surface area contributed by atoms with E-state index in [4.69, 9.17) is 22.1 Å². The maximum absolute atomic E-state index is 14.1. The number of thiophene rings is 1. The second-order valence-corrected chi connectivity index (χ2v) is 7.53. The third kappa shape index (κ3) is 3.32. The molecular weight excluding hydrogens is 452 g/mol. The highest BCUT2D eigenvalue weighted by Gasteiger charge is 2.20. The molecule has 26 heavy (non-hydrogen) atoms. The molecule has 4 nitrogen and oxygen atoms in total. The zero-order chi connectivity index (χ0) is 19.0. The summed E-state index contributed by atoms with van der Waals surface area (Å²) in [7, 11) is 0. The average molecular weight is 461 g/mol. The smallest absolute Gasteiger partial charge is 0.248 e. The predicted octanol–water partition coefficient (Wildman–Crippen LogP) is 5.09. The molecule has 3 rings (SSSR count). The summed E-state index contributed by atoms with van der Waals surface area (Å²) in [6, 6.07) is 4.96. The molecule has 0 saturated carbocycles. The van der Waals surface area contributed by atoms with E-state index in [9.17, 15) is 18.4 Å². The van der Waals surface area contributed by atoms with Gasteiger partial charge in [0.2, 0.25) is 5.91 Å². The molecule has 9 heteroatoms. The van der Waals surface area contributed by atoms with E-state index < -0.39 is 23.3 Å². The second kappa shape index (κ2) is 7.30. The molecule has 0 unspecified atom stereocenters. The first kappa shape index (κ1) is 18.8. The molecule has 0 spiro atoms. The molecule has 1 aromatic heterocycles. The van der Waals surface area contributed by atoms with Gasteiger partial charge in [-0.1, -0.05) is 11.6 Å². The number of hydrogen-bond donors (Lipinski definition) is 1. The molecule has 3 aromatic rings. The number of fused-ring (bicyclic) bond motifs is 1. The van der Waals surface area contributed by atoms with E-state index in [1.807, 2.05) is 0 Å². The van der Waals surface area contributed by atoms with E-state index in [0.29, 0.717) is 27.1 Å². The zero-order valence-electron chi connectivity index (χ0n) is 12.8. The Bertz CT molecular complexity index is 1030. The number of carbonyl (C=O) groups excluding carboxylic acids is 2. The van der Waals surface area contributed by atoms with E-state index in [0.717, 1.165) is 21.3 Å². The minimum Gasteiger partial charge on any atom is -0.483 e. The summed E-state index contributed by atoms with van der Waals surface area (Å²) in [5, 5.41) is 0.957. The third-order valence-electron chi connectivity index (χ3n) is 3.62. The number of rotatable bonds is 5. The first-order chi connectivity index (χ1) is 12.3. The van der Waals surface area contributed by atoms with Crippen LogP contribution >= 0.6 is 38.9 Å². The standard InChI is InChI=1S/C17H9BrClF2NO3S/c18-9-1-2-10(19)14-8(13(5-23)26-16(9)14)6-25-15-11(20)3-7(17(22)24)4-12(15)21/h1-5H,6H2,(H2,22,24). The van der Waals surface area contributed by atoms with E-state index in [1.165, 1.54) is 11.3 Å². The molecule has 0 aliphatic carbocycles. The van der Waals surface area contributed by atoms with Crippen molar-refractivity contribution in [2.24, 2.45) is 5.73 Å². The van der Waals surface area contributed by atoms with Crippen molar-refractivity contribution in [2.75, 3.05) is 0 Å². The maximum atomic E-state index is 14.1. The van der Waals surface area contributed by atoms with Crippen LogP contribution in [0.25, 0.3) is 10.1 Å².